The Morgan fingerprint density at radius 1 is 0.727 bits per heavy atom. The molecule has 0 unspecified atom stereocenters. The molecule has 2 aromatic carbocycles. The first-order chi connectivity index (χ1) is 10.5. The summed E-state index contributed by atoms with van der Waals surface area (Å²) in [6, 6.07) is 12.5. The van der Waals surface area contributed by atoms with Crippen molar-refractivity contribution in [2.75, 3.05) is 11.5 Å². The van der Waals surface area contributed by atoms with E-state index in [1.165, 1.54) is 30.4 Å². The van der Waals surface area contributed by atoms with Crippen molar-refractivity contribution in [2.24, 2.45) is 0 Å². The van der Waals surface area contributed by atoms with Gasteiger partial charge in [0, 0.05) is 26.6 Å². The molecule has 3 rings (SSSR count). The zero-order chi connectivity index (χ0) is 15.7. The first kappa shape index (κ1) is 15.6. The van der Waals surface area contributed by atoms with E-state index in [1.807, 2.05) is 12.1 Å². The van der Waals surface area contributed by atoms with E-state index in [0.717, 1.165) is 34.0 Å². The van der Waals surface area contributed by atoms with Crippen molar-refractivity contribution in [1.29, 1.82) is 0 Å². The molecule has 0 atom stereocenters. The maximum atomic E-state index is 5.94. The van der Waals surface area contributed by atoms with Gasteiger partial charge >= 0.3 is 0 Å². The maximum Gasteiger partial charge on any atom is 0.0449 e. The van der Waals surface area contributed by atoms with Crippen LogP contribution in [0, 0.1) is 0 Å². The van der Waals surface area contributed by atoms with Crippen molar-refractivity contribution in [1.82, 2.24) is 0 Å². The molecular weight excluding hydrogens is 308 g/mol. The smallest absolute Gasteiger partial charge is 0.0449 e. The molecule has 1 saturated carbocycles. The van der Waals surface area contributed by atoms with E-state index < -0.39 is 0 Å². The third kappa shape index (κ3) is 2.70. The Bertz CT molecular complexity index is 638. The van der Waals surface area contributed by atoms with E-state index in [0.29, 0.717) is 0 Å². The van der Waals surface area contributed by atoms with E-state index in [4.69, 9.17) is 11.5 Å². The van der Waals surface area contributed by atoms with Gasteiger partial charge in [-0.15, -0.1) is 25.3 Å². The van der Waals surface area contributed by atoms with Gasteiger partial charge in [0.15, 0.2) is 0 Å². The lowest BCUT2D eigenvalue weighted by atomic mass is 9.65. The van der Waals surface area contributed by atoms with Crippen LogP contribution in [0.3, 0.4) is 0 Å². The molecule has 4 heteroatoms. The summed E-state index contributed by atoms with van der Waals surface area (Å²) in [5.74, 6) is 0. The predicted octanol–water partition coefficient (Wildman–Crippen LogP) is 4.68. The summed E-state index contributed by atoms with van der Waals surface area (Å²) in [5.41, 5.74) is 15.9. The van der Waals surface area contributed by atoms with E-state index in [-0.39, 0.29) is 5.41 Å². The number of thiol groups is 2. The second kappa shape index (κ2) is 6.09. The minimum absolute atomic E-state index is 0.0224. The Labute approximate surface area is 143 Å². The molecule has 0 amide bonds. The molecule has 4 N–H and O–H groups in total. The minimum atomic E-state index is 0.0224. The lowest BCUT2D eigenvalue weighted by Gasteiger charge is -2.39. The normalized spacial score (nSPS) is 17.4. The Morgan fingerprint density at radius 3 is 1.59 bits per heavy atom. The van der Waals surface area contributed by atoms with E-state index in [9.17, 15) is 0 Å². The molecule has 22 heavy (non-hydrogen) atoms. The van der Waals surface area contributed by atoms with Gasteiger partial charge in [-0.2, -0.15) is 0 Å². The first-order valence-corrected chi connectivity index (χ1v) is 8.60. The summed E-state index contributed by atoms with van der Waals surface area (Å²) in [7, 11) is 0. The van der Waals surface area contributed by atoms with E-state index in [1.54, 1.807) is 0 Å². The molecule has 116 valence electrons. The van der Waals surface area contributed by atoms with Crippen molar-refractivity contribution in [2.45, 2.75) is 47.3 Å². The molecule has 1 aliphatic carbocycles. The number of hydrogen-bond donors (Lipinski definition) is 4. The van der Waals surface area contributed by atoms with Gasteiger partial charge in [-0.25, -0.2) is 0 Å². The number of nitrogen functional groups attached to an aromatic ring is 2. The third-order valence-electron chi connectivity index (χ3n) is 4.87. The van der Waals surface area contributed by atoms with Gasteiger partial charge in [0.1, 0.15) is 0 Å². The maximum absolute atomic E-state index is 5.94. The molecule has 1 aliphatic rings. The highest BCUT2D eigenvalue weighted by Gasteiger charge is 2.36. The summed E-state index contributed by atoms with van der Waals surface area (Å²) in [6.45, 7) is 0. The Balaban J connectivity index is 2.15. The highest BCUT2D eigenvalue weighted by atomic mass is 32.1. The number of nitrogens with two attached hydrogens (primary N) is 2. The lowest BCUT2D eigenvalue weighted by Crippen LogP contribution is -2.30. The number of rotatable bonds is 2. The molecule has 0 bridgehead atoms. The zero-order valence-corrected chi connectivity index (χ0v) is 14.3. The van der Waals surface area contributed by atoms with Crippen molar-refractivity contribution in [3.05, 3.63) is 47.5 Å². The lowest BCUT2D eigenvalue weighted by molar-refractivity contribution is 0.345. The fourth-order valence-electron chi connectivity index (χ4n) is 3.58. The number of hydrogen-bond acceptors (Lipinski definition) is 4. The number of benzene rings is 2. The monoisotopic (exact) mass is 330 g/mol. The SMILES string of the molecule is Nc1ccc(C2(c3ccc(N)c(S)c3)CCCCC2)cc1S. The van der Waals surface area contributed by atoms with Crippen molar-refractivity contribution < 1.29 is 0 Å². The van der Waals surface area contributed by atoms with Gasteiger partial charge in [-0.1, -0.05) is 31.4 Å². The largest absolute Gasteiger partial charge is 0.398 e. The minimum Gasteiger partial charge on any atom is -0.398 e. The summed E-state index contributed by atoms with van der Waals surface area (Å²) in [5, 5.41) is 0. The topological polar surface area (TPSA) is 52.0 Å². The average molecular weight is 331 g/mol. The summed E-state index contributed by atoms with van der Waals surface area (Å²) in [6.07, 6.45) is 6.05. The molecule has 0 heterocycles. The second-order valence-electron chi connectivity index (χ2n) is 6.19. The summed E-state index contributed by atoms with van der Waals surface area (Å²) < 4.78 is 0. The van der Waals surface area contributed by atoms with E-state index >= 15 is 0 Å². The quantitative estimate of drug-likeness (QED) is 0.477. The van der Waals surface area contributed by atoms with Crippen molar-refractivity contribution in [3.63, 3.8) is 0 Å². The van der Waals surface area contributed by atoms with Crippen LogP contribution < -0.4 is 11.5 Å². The van der Waals surface area contributed by atoms with Gasteiger partial charge < -0.3 is 11.5 Å². The zero-order valence-electron chi connectivity index (χ0n) is 12.5. The molecule has 1 fully saturated rings. The average Bonchev–Trinajstić information content (AvgIpc) is 2.53. The van der Waals surface area contributed by atoms with Crippen molar-refractivity contribution in [3.8, 4) is 0 Å². The van der Waals surface area contributed by atoms with Crippen LogP contribution in [0.5, 0.6) is 0 Å². The van der Waals surface area contributed by atoms with Crippen molar-refractivity contribution >= 4 is 36.6 Å². The van der Waals surface area contributed by atoms with Crippen LogP contribution >= 0.6 is 25.3 Å². The summed E-state index contributed by atoms with van der Waals surface area (Å²) >= 11 is 9.03. The van der Waals surface area contributed by atoms with Gasteiger partial charge in [-0.05, 0) is 48.2 Å². The fraction of sp³-hybridized carbons (Fsp3) is 0.333. The van der Waals surface area contributed by atoms with Crippen LogP contribution in [0.25, 0.3) is 0 Å². The molecular formula is C18H22N2S2. The highest BCUT2D eigenvalue weighted by molar-refractivity contribution is 7.80. The van der Waals surface area contributed by atoms with Crippen LogP contribution in [0.15, 0.2) is 46.2 Å². The van der Waals surface area contributed by atoms with Gasteiger partial charge in [-0.3, -0.25) is 0 Å². The Hall–Kier alpha value is -1.26. The fourth-order valence-corrected chi connectivity index (χ4v) is 4.01. The molecule has 0 aromatic heterocycles. The van der Waals surface area contributed by atoms with Crippen LogP contribution in [0.2, 0.25) is 0 Å². The van der Waals surface area contributed by atoms with Crippen LogP contribution in [-0.4, -0.2) is 0 Å². The van der Waals surface area contributed by atoms with Gasteiger partial charge in [0.2, 0.25) is 0 Å². The van der Waals surface area contributed by atoms with Gasteiger partial charge in [0.05, 0.1) is 0 Å². The predicted molar refractivity (Wildman–Crippen MR) is 100 cm³/mol. The molecule has 2 nitrogen and oxygen atoms in total. The standard InChI is InChI=1S/C18H22N2S2/c19-14-6-4-12(10-16(14)21)18(8-2-1-3-9-18)13-5-7-15(20)17(22)11-13/h4-7,10-11,21-22H,1-3,8-9,19-20H2. The third-order valence-corrected chi connectivity index (χ3v) is 5.65. The molecule has 0 spiro atoms. The van der Waals surface area contributed by atoms with Crippen LogP contribution in [-0.2, 0) is 5.41 Å². The highest BCUT2D eigenvalue weighted by Crippen LogP contribution is 2.46. The summed E-state index contributed by atoms with van der Waals surface area (Å²) in [4.78, 5) is 1.70. The molecule has 2 aromatic rings. The van der Waals surface area contributed by atoms with Crippen LogP contribution in [0.4, 0.5) is 11.4 Å². The first-order valence-electron chi connectivity index (χ1n) is 7.71. The molecule has 0 aliphatic heterocycles. The second-order valence-corrected chi connectivity index (χ2v) is 7.15. The number of anilines is 2. The molecule has 0 radical (unpaired) electrons. The van der Waals surface area contributed by atoms with E-state index in [2.05, 4.69) is 49.5 Å². The Kier molecular flexibility index (Phi) is 4.33. The van der Waals surface area contributed by atoms with Gasteiger partial charge in [0.25, 0.3) is 0 Å². The Morgan fingerprint density at radius 2 is 1.18 bits per heavy atom. The molecule has 0 saturated heterocycles. The van der Waals surface area contributed by atoms with Crippen LogP contribution in [0.1, 0.15) is 43.2 Å².